The van der Waals surface area contributed by atoms with Crippen molar-refractivity contribution in [3.05, 3.63) is 48.8 Å². The molecule has 0 amide bonds. The first-order valence-electron chi connectivity index (χ1n) is 8.31. The van der Waals surface area contributed by atoms with Gasteiger partial charge in [-0.1, -0.05) is 45.1 Å². The Bertz CT molecular complexity index is 508. The molecule has 2 nitrogen and oxygen atoms in total. The Morgan fingerprint density at radius 3 is 2.38 bits per heavy atom. The van der Waals surface area contributed by atoms with Crippen molar-refractivity contribution < 1.29 is 4.57 Å². The molecule has 0 aliphatic carbocycles. The number of unbranched alkanes of at least 4 members (excludes halogenated alkanes) is 6. The number of rotatable bonds is 9. The van der Waals surface area contributed by atoms with Crippen LogP contribution in [-0.2, 0) is 6.54 Å². The molecule has 0 bridgehead atoms. The summed E-state index contributed by atoms with van der Waals surface area (Å²) in [7, 11) is 0. The Morgan fingerprint density at radius 2 is 1.62 bits per heavy atom. The van der Waals surface area contributed by atoms with E-state index in [0.29, 0.717) is 0 Å². The fourth-order valence-corrected chi connectivity index (χ4v) is 2.66. The minimum absolute atomic E-state index is 1.06. The molecule has 0 N–H and O–H groups in total. The van der Waals surface area contributed by atoms with Crippen molar-refractivity contribution in [1.82, 2.24) is 4.98 Å². The van der Waals surface area contributed by atoms with Gasteiger partial charge in [-0.25, -0.2) is 4.98 Å². The predicted octanol–water partition coefficient (Wildman–Crippen LogP) is 4.79. The SMILES string of the molecule is CCCCCCCCC[n+]1ccccc1-c1ccccn1. The average Bonchev–Trinajstić information content (AvgIpc) is 2.55. The Labute approximate surface area is 128 Å². The van der Waals surface area contributed by atoms with Gasteiger partial charge in [-0.2, -0.15) is 4.57 Å². The summed E-state index contributed by atoms with van der Waals surface area (Å²) in [5.41, 5.74) is 2.27. The molecule has 0 fully saturated rings. The summed E-state index contributed by atoms with van der Waals surface area (Å²) in [6.45, 7) is 3.35. The van der Waals surface area contributed by atoms with E-state index in [9.17, 15) is 0 Å². The van der Waals surface area contributed by atoms with Crippen LogP contribution in [-0.4, -0.2) is 4.98 Å². The maximum atomic E-state index is 4.47. The third-order valence-corrected chi connectivity index (χ3v) is 3.87. The van der Waals surface area contributed by atoms with Gasteiger partial charge in [0, 0.05) is 24.8 Å². The zero-order valence-electron chi connectivity index (χ0n) is 13.2. The van der Waals surface area contributed by atoms with E-state index in [4.69, 9.17) is 0 Å². The molecular weight excluding hydrogens is 256 g/mol. The quantitative estimate of drug-likeness (QED) is 0.478. The van der Waals surface area contributed by atoms with Gasteiger partial charge in [0.1, 0.15) is 12.2 Å². The largest absolute Gasteiger partial charge is 0.250 e. The Morgan fingerprint density at radius 1 is 0.857 bits per heavy atom. The highest BCUT2D eigenvalue weighted by Crippen LogP contribution is 2.12. The molecule has 0 aromatic carbocycles. The van der Waals surface area contributed by atoms with Crippen LogP contribution in [0.4, 0.5) is 0 Å². The number of aryl methyl sites for hydroxylation is 1. The molecule has 2 aromatic rings. The van der Waals surface area contributed by atoms with Gasteiger partial charge < -0.3 is 0 Å². The third-order valence-electron chi connectivity index (χ3n) is 3.87. The van der Waals surface area contributed by atoms with E-state index < -0.39 is 0 Å². The molecule has 21 heavy (non-hydrogen) atoms. The second-order valence-corrected chi connectivity index (χ2v) is 5.62. The summed E-state index contributed by atoms with van der Waals surface area (Å²) in [5.74, 6) is 0. The lowest BCUT2D eigenvalue weighted by atomic mass is 10.1. The third kappa shape index (κ3) is 5.30. The first-order chi connectivity index (χ1) is 10.4. The molecule has 0 aliphatic rings. The first-order valence-corrected chi connectivity index (χ1v) is 8.31. The molecule has 0 unspecified atom stereocenters. The second kappa shape index (κ2) is 9.28. The standard InChI is InChI=1S/C19H27N2/c1-2-3-4-5-6-7-11-16-21-17-12-9-14-19(21)18-13-8-10-15-20-18/h8-10,12-15,17H,2-7,11,16H2,1H3/q+1. The van der Waals surface area contributed by atoms with Crippen LogP contribution in [0.3, 0.4) is 0 Å². The van der Waals surface area contributed by atoms with E-state index in [-0.39, 0.29) is 0 Å². The highest BCUT2D eigenvalue weighted by molar-refractivity contribution is 5.49. The van der Waals surface area contributed by atoms with Crippen molar-refractivity contribution in [2.45, 2.75) is 58.4 Å². The summed E-state index contributed by atoms with van der Waals surface area (Å²) in [5, 5.41) is 0. The Balaban J connectivity index is 1.84. The normalized spacial score (nSPS) is 10.7. The Hall–Kier alpha value is -1.70. The second-order valence-electron chi connectivity index (χ2n) is 5.62. The van der Waals surface area contributed by atoms with E-state index in [1.54, 1.807) is 0 Å². The van der Waals surface area contributed by atoms with Crippen LogP contribution in [0.15, 0.2) is 48.8 Å². The van der Waals surface area contributed by atoms with Crippen LogP contribution in [0.5, 0.6) is 0 Å². The molecule has 2 aromatic heterocycles. The van der Waals surface area contributed by atoms with Crippen molar-refractivity contribution in [2.75, 3.05) is 0 Å². The predicted molar refractivity (Wildman–Crippen MR) is 87.9 cm³/mol. The van der Waals surface area contributed by atoms with Gasteiger partial charge in [-0.15, -0.1) is 0 Å². The average molecular weight is 283 g/mol. The lowest BCUT2D eigenvalue weighted by Gasteiger charge is -2.04. The summed E-state index contributed by atoms with van der Waals surface area (Å²) in [6, 6.07) is 12.4. The number of aromatic nitrogens is 2. The van der Waals surface area contributed by atoms with Crippen molar-refractivity contribution in [2.24, 2.45) is 0 Å². The minimum atomic E-state index is 1.06. The van der Waals surface area contributed by atoms with Gasteiger partial charge in [-0.05, 0) is 24.6 Å². The molecule has 0 saturated carbocycles. The molecule has 112 valence electrons. The fraction of sp³-hybridized carbons (Fsp3) is 0.474. The van der Waals surface area contributed by atoms with Crippen molar-refractivity contribution in [3.63, 3.8) is 0 Å². The molecule has 0 aliphatic heterocycles. The topological polar surface area (TPSA) is 16.8 Å². The highest BCUT2D eigenvalue weighted by Gasteiger charge is 2.12. The molecule has 0 radical (unpaired) electrons. The monoisotopic (exact) mass is 283 g/mol. The van der Waals surface area contributed by atoms with Crippen molar-refractivity contribution in [1.29, 1.82) is 0 Å². The van der Waals surface area contributed by atoms with Gasteiger partial charge in [0.05, 0.1) is 0 Å². The fourth-order valence-electron chi connectivity index (χ4n) is 2.66. The maximum absolute atomic E-state index is 4.47. The molecule has 2 heteroatoms. The lowest BCUT2D eigenvalue weighted by Crippen LogP contribution is -2.35. The minimum Gasteiger partial charge on any atom is -0.250 e. The van der Waals surface area contributed by atoms with Gasteiger partial charge in [0.2, 0.25) is 5.69 Å². The van der Waals surface area contributed by atoms with Gasteiger partial charge in [0.15, 0.2) is 6.20 Å². The van der Waals surface area contributed by atoms with E-state index in [1.807, 2.05) is 18.3 Å². The number of nitrogens with zero attached hydrogens (tertiary/aromatic N) is 2. The van der Waals surface area contributed by atoms with E-state index in [2.05, 4.69) is 46.9 Å². The van der Waals surface area contributed by atoms with Gasteiger partial charge >= 0.3 is 0 Å². The van der Waals surface area contributed by atoms with Crippen molar-refractivity contribution in [3.8, 4) is 11.4 Å². The van der Waals surface area contributed by atoms with Gasteiger partial charge in [0.25, 0.3) is 0 Å². The molecule has 0 saturated heterocycles. The molecule has 2 heterocycles. The molecule has 0 spiro atoms. The van der Waals surface area contributed by atoms with E-state index >= 15 is 0 Å². The molecule has 0 atom stereocenters. The van der Waals surface area contributed by atoms with Gasteiger partial charge in [-0.3, -0.25) is 0 Å². The zero-order chi connectivity index (χ0) is 14.8. The van der Waals surface area contributed by atoms with Crippen LogP contribution in [0.1, 0.15) is 51.9 Å². The summed E-state index contributed by atoms with van der Waals surface area (Å²) >= 11 is 0. The van der Waals surface area contributed by atoms with Crippen LogP contribution < -0.4 is 4.57 Å². The number of hydrogen-bond donors (Lipinski definition) is 0. The van der Waals surface area contributed by atoms with Crippen LogP contribution in [0.2, 0.25) is 0 Å². The first kappa shape index (κ1) is 15.7. The lowest BCUT2D eigenvalue weighted by molar-refractivity contribution is -0.686. The number of hydrogen-bond acceptors (Lipinski definition) is 1. The van der Waals surface area contributed by atoms with Crippen LogP contribution in [0.25, 0.3) is 11.4 Å². The zero-order valence-corrected chi connectivity index (χ0v) is 13.2. The highest BCUT2D eigenvalue weighted by atomic mass is 15.0. The maximum Gasteiger partial charge on any atom is 0.231 e. The van der Waals surface area contributed by atoms with Crippen LogP contribution in [0, 0.1) is 0 Å². The van der Waals surface area contributed by atoms with Crippen molar-refractivity contribution >= 4 is 0 Å². The molecular formula is C19H27N2+. The summed E-state index contributed by atoms with van der Waals surface area (Å²) < 4.78 is 2.33. The Kier molecular flexibility index (Phi) is 6.93. The summed E-state index contributed by atoms with van der Waals surface area (Å²) in [4.78, 5) is 4.47. The summed E-state index contributed by atoms with van der Waals surface area (Å²) in [6.07, 6.45) is 13.5. The van der Waals surface area contributed by atoms with Crippen LogP contribution >= 0.6 is 0 Å². The number of pyridine rings is 2. The van der Waals surface area contributed by atoms with E-state index in [1.165, 1.54) is 50.6 Å². The molecule has 2 rings (SSSR count). The van der Waals surface area contributed by atoms with E-state index in [0.717, 1.165) is 12.2 Å². The smallest absolute Gasteiger partial charge is 0.231 e.